The number of esters is 1. The van der Waals surface area contributed by atoms with E-state index in [1.54, 1.807) is 12.1 Å². The summed E-state index contributed by atoms with van der Waals surface area (Å²) in [6, 6.07) is 21.0. The molecule has 0 aliphatic carbocycles. The monoisotopic (exact) mass is 319 g/mol. The van der Waals surface area contributed by atoms with Crippen molar-refractivity contribution in [3.8, 4) is 6.07 Å². The number of ether oxygens (including phenoxy) is 1. The lowest BCUT2D eigenvalue weighted by atomic mass is 10.1. The Morgan fingerprint density at radius 2 is 1.71 bits per heavy atom. The average molecular weight is 319 g/mol. The Bertz CT molecular complexity index is 687. The Labute approximate surface area is 143 Å². The molecule has 0 aromatic heterocycles. The zero-order chi connectivity index (χ0) is 17.0. The molecular formula is C21H21NO2. The third kappa shape index (κ3) is 6.10. The van der Waals surface area contributed by atoms with Gasteiger partial charge in [0, 0.05) is 6.42 Å². The minimum Gasteiger partial charge on any atom is -0.455 e. The van der Waals surface area contributed by atoms with E-state index in [-0.39, 0.29) is 12.1 Å². The summed E-state index contributed by atoms with van der Waals surface area (Å²) in [6.07, 6.45) is 6.49. The van der Waals surface area contributed by atoms with Gasteiger partial charge in [0.2, 0.25) is 0 Å². The number of nitrogens with zero attached hydrogens (tertiary/aromatic N) is 1. The fraction of sp³-hybridized carbons (Fsp3) is 0.238. The zero-order valence-corrected chi connectivity index (χ0v) is 13.6. The molecule has 24 heavy (non-hydrogen) atoms. The summed E-state index contributed by atoms with van der Waals surface area (Å²) >= 11 is 0. The van der Waals surface area contributed by atoms with Gasteiger partial charge in [0.15, 0.2) is 0 Å². The zero-order valence-electron chi connectivity index (χ0n) is 13.6. The van der Waals surface area contributed by atoms with Crippen LogP contribution in [-0.2, 0) is 4.74 Å². The molecule has 0 fully saturated rings. The van der Waals surface area contributed by atoms with E-state index in [2.05, 4.69) is 6.07 Å². The van der Waals surface area contributed by atoms with Gasteiger partial charge in [-0.1, -0.05) is 54.6 Å². The molecule has 2 rings (SSSR count). The normalized spacial score (nSPS) is 11.8. The first kappa shape index (κ1) is 17.5. The number of nitriles is 1. The SMILES string of the molecule is N#CCCCC[C@H](/C=C/c1ccccc1)OC(=O)c1ccccc1. The standard InChI is InChI=1S/C21H21NO2/c22-17-9-3-8-14-20(16-15-18-10-4-1-5-11-18)24-21(23)19-12-6-2-7-13-19/h1-2,4-7,10-13,15-16,20H,3,8-9,14H2/b16-15+/t20-/m1/s1. The summed E-state index contributed by atoms with van der Waals surface area (Å²) in [4.78, 5) is 12.2. The van der Waals surface area contributed by atoms with E-state index in [0.29, 0.717) is 18.4 Å². The number of hydrogen-bond donors (Lipinski definition) is 0. The van der Waals surface area contributed by atoms with Crippen molar-refractivity contribution >= 4 is 12.0 Å². The van der Waals surface area contributed by atoms with Crippen molar-refractivity contribution in [3.63, 3.8) is 0 Å². The van der Waals surface area contributed by atoms with Crippen LogP contribution in [0, 0.1) is 11.3 Å². The highest BCUT2D eigenvalue weighted by Gasteiger charge is 2.13. The maximum Gasteiger partial charge on any atom is 0.338 e. The quantitative estimate of drug-likeness (QED) is 0.507. The molecule has 0 heterocycles. The minimum absolute atomic E-state index is 0.295. The van der Waals surface area contributed by atoms with Crippen molar-refractivity contribution in [2.24, 2.45) is 0 Å². The molecule has 122 valence electrons. The Morgan fingerprint density at radius 1 is 1.04 bits per heavy atom. The van der Waals surface area contributed by atoms with Gasteiger partial charge in [-0.25, -0.2) is 4.79 Å². The van der Waals surface area contributed by atoms with Gasteiger partial charge in [0.25, 0.3) is 0 Å². The number of benzene rings is 2. The van der Waals surface area contributed by atoms with Crippen molar-refractivity contribution in [1.29, 1.82) is 5.26 Å². The third-order valence-corrected chi connectivity index (χ3v) is 3.60. The lowest BCUT2D eigenvalue weighted by Crippen LogP contribution is -2.16. The number of carbonyl (C=O) groups excluding carboxylic acids is 1. The van der Waals surface area contributed by atoms with Crippen LogP contribution in [0.4, 0.5) is 0 Å². The lowest BCUT2D eigenvalue weighted by Gasteiger charge is -2.14. The molecule has 0 bridgehead atoms. The van der Waals surface area contributed by atoms with E-state index in [1.807, 2.05) is 60.7 Å². The van der Waals surface area contributed by atoms with Gasteiger partial charge >= 0.3 is 5.97 Å². The van der Waals surface area contributed by atoms with Crippen molar-refractivity contribution in [3.05, 3.63) is 77.9 Å². The van der Waals surface area contributed by atoms with Crippen LogP contribution < -0.4 is 0 Å². The van der Waals surface area contributed by atoms with Crippen LogP contribution in [-0.4, -0.2) is 12.1 Å². The summed E-state index contributed by atoms with van der Waals surface area (Å²) in [5.74, 6) is -0.321. The summed E-state index contributed by atoms with van der Waals surface area (Å²) in [5.41, 5.74) is 1.61. The predicted octanol–water partition coefficient (Wildman–Crippen LogP) is 5.01. The van der Waals surface area contributed by atoms with Gasteiger partial charge < -0.3 is 4.74 Å². The highest BCUT2D eigenvalue weighted by molar-refractivity contribution is 5.89. The molecule has 0 amide bonds. The maximum atomic E-state index is 12.2. The van der Waals surface area contributed by atoms with Crippen molar-refractivity contribution in [2.75, 3.05) is 0 Å². The van der Waals surface area contributed by atoms with E-state index >= 15 is 0 Å². The first-order valence-electron chi connectivity index (χ1n) is 8.16. The number of unbranched alkanes of at least 4 members (excludes halogenated alkanes) is 2. The second kappa shape index (κ2) is 10.0. The molecule has 2 aromatic carbocycles. The molecule has 2 aromatic rings. The molecule has 0 aliphatic rings. The van der Waals surface area contributed by atoms with Crippen LogP contribution in [0.2, 0.25) is 0 Å². The van der Waals surface area contributed by atoms with Gasteiger partial charge in [-0.3, -0.25) is 0 Å². The molecule has 0 spiro atoms. The maximum absolute atomic E-state index is 12.2. The number of hydrogen-bond acceptors (Lipinski definition) is 3. The summed E-state index contributed by atoms with van der Waals surface area (Å²) in [6.45, 7) is 0. The molecule has 3 nitrogen and oxygen atoms in total. The van der Waals surface area contributed by atoms with Crippen molar-refractivity contribution in [1.82, 2.24) is 0 Å². The van der Waals surface area contributed by atoms with Crippen LogP contribution in [0.3, 0.4) is 0 Å². The first-order valence-corrected chi connectivity index (χ1v) is 8.16. The molecule has 0 N–H and O–H groups in total. The molecule has 0 saturated carbocycles. The molecule has 0 unspecified atom stereocenters. The minimum atomic E-state index is -0.321. The van der Waals surface area contributed by atoms with Gasteiger partial charge in [-0.2, -0.15) is 5.26 Å². The Kier molecular flexibility index (Phi) is 7.30. The molecule has 0 aliphatic heterocycles. The molecule has 0 radical (unpaired) electrons. The van der Waals surface area contributed by atoms with E-state index < -0.39 is 0 Å². The van der Waals surface area contributed by atoms with E-state index in [0.717, 1.165) is 18.4 Å². The average Bonchev–Trinajstić information content (AvgIpc) is 2.64. The van der Waals surface area contributed by atoms with Gasteiger partial charge in [0.05, 0.1) is 11.6 Å². The highest BCUT2D eigenvalue weighted by atomic mass is 16.5. The van der Waals surface area contributed by atoms with Crippen LogP contribution in [0.1, 0.15) is 41.6 Å². The Balaban J connectivity index is 2.00. The third-order valence-electron chi connectivity index (χ3n) is 3.60. The summed E-state index contributed by atoms with van der Waals surface area (Å²) < 4.78 is 5.63. The van der Waals surface area contributed by atoms with Crippen LogP contribution in [0.15, 0.2) is 66.7 Å². The Hall–Kier alpha value is -2.86. The smallest absolute Gasteiger partial charge is 0.338 e. The van der Waals surface area contributed by atoms with Gasteiger partial charge in [-0.15, -0.1) is 0 Å². The van der Waals surface area contributed by atoms with Crippen LogP contribution in [0.25, 0.3) is 6.08 Å². The fourth-order valence-electron chi connectivity index (χ4n) is 2.31. The molecular weight excluding hydrogens is 298 g/mol. The second-order valence-corrected chi connectivity index (χ2v) is 5.48. The van der Waals surface area contributed by atoms with Crippen LogP contribution in [0.5, 0.6) is 0 Å². The van der Waals surface area contributed by atoms with Crippen molar-refractivity contribution < 1.29 is 9.53 Å². The van der Waals surface area contributed by atoms with Gasteiger partial charge in [0.1, 0.15) is 6.10 Å². The second-order valence-electron chi connectivity index (χ2n) is 5.48. The largest absolute Gasteiger partial charge is 0.455 e. The highest BCUT2D eigenvalue weighted by Crippen LogP contribution is 2.13. The topological polar surface area (TPSA) is 50.1 Å². The lowest BCUT2D eigenvalue weighted by molar-refractivity contribution is 0.0378. The van der Waals surface area contributed by atoms with Gasteiger partial charge in [-0.05, 0) is 43.0 Å². The number of rotatable bonds is 8. The van der Waals surface area contributed by atoms with E-state index in [1.165, 1.54) is 0 Å². The predicted molar refractivity (Wildman–Crippen MR) is 95.2 cm³/mol. The molecule has 3 heteroatoms. The Morgan fingerprint density at radius 3 is 2.38 bits per heavy atom. The first-order chi connectivity index (χ1) is 11.8. The summed E-state index contributed by atoms with van der Waals surface area (Å²) in [7, 11) is 0. The van der Waals surface area contributed by atoms with Crippen LogP contribution >= 0.6 is 0 Å². The van der Waals surface area contributed by atoms with E-state index in [9.17, 15) is 4.79 Å². The van der Waals surface area contributed by atoms with E-state index in [4.69, 9.17) is 10.00 Å². The fourth-order valence-corrected chi connectivity index (χ4v) is 2.31. The molecule has 0 saturated heterocycles. The molecule has 1 atom stereocenters. The summed E-state index contributed by atoms with van der Waals surface area (Å²) in [5, 5.41) is 8.63. The number of carbonyl (C=O) groups is 1. The van der Waals surface area contributed by atoms with Crippen molar-refractivity contribution in [2.45, 2.75) is 31.8 Å².